The Labute approximate surface area is 122 Å². The SMILES string of the molecule is CC1(C2CC2)NC(=O)C(C)(C)N(Cc2cncs2)C1=O. The van der Waals surface area contributed by atoms with Crippen LogP contribution in [0.5, 0.6) is 0 Å². The molecule has 1 atom stereocenters. The maximum atomic E-state index is 12.9. The first-order chi connectivity index (χ1) is 9.35. The second-order valence-electron chi connectivity index (χ2n) is 6.35. The minimum atomic E-state index is -0.824. The van der Waals surface area contributed by atoms with Crippen molar-refractivity contribution in [3.05, 3.63) is 16.6 Å². The summed E-state index contributed by atoms with van der Waals surface area (Å²) >= 11 is 1.51. The molecule has 2 heterocycles. The molecular weight excluding hydrogens is 274 g/mol. The zero-order valence-electron chi connectivity index (χ0n) is 12.0. The molecule has 0 aromatic carbocycles. The minimum Gasteiger partial charge on any atom is -0.340 e. The number of carbonyl (C=O) groups is 2. The highest BCUT2D eigenvalue weighted by molar-refractivity contribution is 7.09. The predicted octanol–water partition coefficient (Wildman–Crippen LogP) is 1.55. The standard InChI is InChI=1S/C14H19N3O2S/c1-13(2)11(18)16-14(3,9-4-5-9)12(19)17(13)7-10-6-15-8-20-10/h6,8-9H,4-5,7H2,1-3H3,(H,16,18). The number of nitrogens with one attached hydrogen (secondary N) is 1. The van der Waals surface area contributed by atoms with Crippen molar-refractivity contribution in [2.75, 3.05) is 0 Å². The lowest BCUT2D eigenvalue weighted by atomic mass is 9.85. The molecule has 108 valence electrons. The topological polar surface area (TPSA) is 62.3 Å². The van der Waals surface area contributed by atoms with Gasteiger partial charge in [-0.25, -0.2) is 0 Å². The van der Waals surface area contributed by atoms with Gasteiger partial charge in [0.1, 0.15) is 11.1 Å². The fourth-order valence-corrected chi connectivity index (χ4v) is 3.36. The molecule has 2 fully saturated rings. The zero-order chi connectivity index (χ0) is 14.5. The number of aromatic nitrogens is 1. The number of hydrogen-bond acceptors (Lipinski definition) is 4. The molecule has 0 spiro atoms. The number of piperazine rings is 1. The van der Waals surface area contributed by atoms with Gasteiger partial charge in [-0.2, -0.15) is 0 Å². The van der Waals surface area contributed by atoms with E-state index in [1.54, 1.807) is 30.5 Å². The lowest BCUT2D eigenvalue weighted by Gasteiger charge is -2.48. The molecule has 2 amide bonds. The maximum Gasteiger partial charge on any atom is 0.249 e. The zero-order valence-corrected chi connectivity index (χ0v) is 12.8. The molecule has 5 nitrogen and oxygen atoms in total. The van der Waals surface area contributed by atoms with Crippen molar-refractivity contribution in [2.24, 2.45) is 5.92 Å². The van der Waals surface area contributed by atoms with Crippen LogP contribution in [0.1, 0.15) is 38.5 Å². The fraction of sp³-hybridized carbons (Fsp3) is 0.643. The van der Waals surface area contributed by atoms with Crippen LogP contribution in [-0.2, 0) is 16.1 Å². The van der Waals surface area contributed by atoms with Crippen molar-refractivity contribution in [1.29, 1.82) is 0 Å². The monoisotopic (exact) mass is 293 g/mol. The molecule has 1 saturated carbocycles. The average Bonchev–Trinajstić information content (AvgIpc) is 3.12. The van der Waals surface area contributed by atoms with Crippen LogP contribution in [0.15, 0.2) is 11.7 Å². The summed E-state index contributed by atoms with van der Waals surface area (Å²) in [7, 11) is 0. The molecule has 1 saturated heterocycles. The predicted molar refractivity (Wildman–Crippen MR) is 76.0 cm³/mol. The van der Waals surface area contributed by atoms with Gasteiger partial charge in [0.25, 0.3) is 0 Å². The van der Waals surface area contributed by atoms with Gasteiger partial charge < -0.3 is 10.2 Å². The molecule has 0 radical (unpaired) electrons. The van der Waals surface area contributed by atoms with E-state index >= 15 is 0 Å². The summed E-state index contributed by atoms with van der Waals surface area (Å²) in [5.41, 5.74) is 0.184. The lowest BCUT2D eigenvalue weighted by Crippen LogP contribution is -2.73. The molecular formula is C14H19N3O2S. The van der Waals surface area contributed by atoms with E-state index in [0.29, 0.717) is 6.54 Å². The highest BCUT2D eigenvalue weighted by Gasteiger charge is 2.57. The number of rotatable bonds is 3. The van der Waals surface area contributed by atoms with E-state index in [1.165, 1.54) is 11.3 Å². The van der Waals surface area contributed by atoms with E-state index in [0.717, 1.165) is 17.7 Å². The van der Waals surface area contributed by atoms with Crippen molar-refractivity contribution in [1.82, 2.24) is 15.2 Å². The van der Waals surface area contributed by atoms with Crippen LogP contribution >= 0.6 is 11.3 Å². The summed E-state index contributed by atoms with van der Waals surface area (Å²) in [6.07, 6.45) is 3.78. The molecule has 1 unspecified atom stereocenters. The van der Waals surface area contributed by atoms with E-state index in [-0.39, 0.29) is 17.7 Å². The van der Waals surface area contributed by atoms with E-state index < -0.39 is 11.1 Å². The second kappa shape index (κ2) is 4.28. The normalized spacial score (nSPS) is 29.4. The Balaban J connectivity index is 1.94. The summed E-state index contributed by atoms with van der Waals surface area (Å²) in [4.78, 5) is 32.1. The van der Waals surface area contributed by atoms with E-state index in [2.05, 4.69) is 10.3 Å². The van der Waals surface area contributed by atoms with Gasteiger partial charge in [-0.05, 0) is 39.5 Å². The Kier molecular flexibility index (Phi) is 2.90. The number of nitrogens with zero attached hydrogens (tertiary/aromatic N) is 2. The smallest absolute Gasteiger partial charge is 0.249 e. The Bertz CT molecular complexity index is 551. The Morgan fingerprint density at radius 3 is 2.65 bits per heavy atom. The quantitative estimate of drug-likeness (QED) is 0.919. The number of thiazole rings is 1. The fourth-order valence-electron chi connectivity index (χ4n) is 2.78. The molecule has 1 aromatic rings. The van der Waals surface area contributed by atoms with Gasteiger partial charge in [-0.3, -0.25) is 14.6 Å². The molecule has 1 aliphatic heterocycles. The number of hydrogen-bond donors (Lipinski definition) is 1. The van der Waals surface area contributed by atoms with Gasteiger partial charge in [0.15, 0.2) is 0 Å². The van der Waals surface area contributed by atoms with Crippen LogP contribution in [0.3, 0.4) is 0 Å². The van der Waals surface area contributed by atoms with Crippen LogP contribution in [-0.4, -0.2) is 32.8 Å². The Hall–Kier alpha value is -1.43. The summed E-state index contributed by atoms with van der Waals surface area (Å²) in [6, 6.07) is 0. The first-order valence-electron chi connectivity index (χ1n) is 6.88. The molecule has 1 N–H and O–H groups in total. The van der Waals surface area contributed by atoms with E-state index in [1.807, 2.05) is 6.92 Å². The lowest BCUT2D eigenvalue weighted by molar-refractivity contribution is -0.162. The largest absolute Gasteiger partial charge is 0.340 e. The molecule has 3 rings (SSSR count). The first kappa shape index (κ1) is 13.5. The minimum absolute atomic E-state index is 0.0259. The average molecular weight is 293 g/mol. The third kappa shape index (κ3) is 1.93. The van der Waals surface area contributed by atoms with Gasteiger partial charge in [0.05, 0.1) is 12.1 Å². The van der Waals surface area contributed by atoms with Gasteiger partial charge in [-0.1, -0.05) is 0 Å². The Morgan fingerprint density at radius 2 is 2.10 bits per heavy atom. The number of amides is 2. The second-order valence-corrected chi connectivity index (χ2v) is 7.32. The van der Waals surface area contributed by atoms with Crippen LogP contribution in [0.2, 0.25) is 0 Å². The summed E-state index contributed by atoms with van der Waals surface area (Å²) in [6.45, 7) is 5.91. The molecule has 20 heavy (non-hydrogen) atoms. The first-order valence-corrected chi connectivity index (χ1v) is 7.75. The molecule has 6 heteroatoms. The van der Waals surface area contributed by atoms with Gasteiger partial charge in [-0.15, -0.1) is 11.3 Å². The van der Waals surface area contributed by atoms with Gasteiger partial charge in [0.2, 0.25) is 11.8 Å². The highest BCUT2D eigenvalue weighted by Crippen LogP contribution is 2.43. The van der Waals surface area contributed by atoms with Crippen LogP contribution in [0.25, 0.3) is 0 Å². The molecule has 1 aromatic heterocycles. The van der Waals surface area contributed by atoms with E-state index in [4.69, 9.17) is 0 Å². The maximum absolute atomic E-state index is 12.9. The van der Waals surface area contributed by atoms with Crippen molar-refractivity contribution in [3.63, 3.8) is 0 Å². The van der Waals surface area contributed by atoms with Crippen LogP contribution in [0.4, 0.5) is 0 Å². The van der Waals surface area contributed by atoms with Crippen molar-refractivity contribution >= 4 is 23.2 Å². The third-order valence-corrected chi connectivity index (χ3v) is 5.25. The van der Waals surface area contributed by atoms with Gasteiger partial charge >= 0.3 is 0 Å². The molecule has 0 bridgehead atoms. The van der Waals surface area contributed by atoms with Crippen molar-refractivity contribution < 1.29 is 9.59 Å². The van der Waals surface area contributed by atoms with Crippen molar-refractivity contribution in [3.8, 4) is 0 Å². The Morgan fingerprint density at radius 1 is 1.40 bits per heavy atom. The third-order valence-electron chi connectivity index (χ3n) is 4.48. The molecule has 2 aliphatic rings. The van der Waals surface area contributed by atoms with E-state index in [9.17, 15) is 9.59 Å². The number of carbonyl (C=O) groups excluding carboxylic acids is 2. The van der Waals surface area contributed by atoms with Crippen LogP contribution in [0, 0.1) is 5.92 Å². The summed E-state index contributed by atoms with van der Waals surface area (Å²) < 4.78 is 0. The van der Waals surface area contributed by atoms with Gasteiger partial charge in [0, 0.05) is 11.1 Å². The highest BCUT2D eigenvalue weighted by atomic mass is 32.1. The summed E-state index contributed by atoms with van der Waals surface area (Å²) in [5, 5.41) is 2.96. The summed E-state index contributed by atoms with van der Waals surface area (Å²) in [5.74, 6) is 0.230. The van der Waals surface area contributed by atoms with Crippen LogP contribution < -0.4 is 5.32 Å². The van der Waals surface area contributed by atoms with Crippen molar-refractivity contribution in [2.45, 2.75) is 51.2 Å². The molecule has 1 aliphatic carbocycles.